The number of carbonyl (C=O) groups excluding carboxylic acids is 1. The molecule has 0 spiro atoms. The maximum Gasteiger partial charge on any atom is 0.363 e. The molecule has 0 N–H and O–H groups in total. The van der Waals surface area contributed by atoms with Crippen LogP contribution < -0.4 is 0 Å². The number of esters is 1. The molecule has 5 heteroatoms. The summed E-state index contributed by atoms with van der Waals surface area (Å²) < 4.78 is 12.2. The lowest BCUT2D eigenvalue weighted by molar-refractivity contribution is -0.129. The van der Waals surface area contributed by atoms with Crippen molar-refractivity contribution in [1.29, 1.82) is 0 Å². The smallest absolute Gasteiger partial charge is 0.363 e. The van der Waals surface area contributed by atoms with Crippen LogP contribution in [-0.2, 0) is 9.53 Å². The Kier molecular flexibility index (Phi) is 4.37. The summed E-state index contributed by atoms with van der Waals surface area (Å²) in [5.41, 5.74) is 1.92. The molecule has 5 rings (SSSR count). The van der Waals surface area contributed by atoms with Gasteiger partial charge in [-0.2, -0.15) is 0 Å². The van der Waals surface area contributed by atoms with Gasteiger partial charge in [-0.3, -0.25) is 0 Å². The maximum absolute atomic E-state index is 12.3. The molecule has 2 heterocycles. The molecule has 1 aliphatic heterocycles. The molecule has 29 heavy (non-hydrogen) atoms. The predicted molar refractivity (Wildman–Crippen MR) is 116 cm³/mol. The Hall–Kier alpha value is -3.44. The first-order chi connectivity index (χ1) is 14.2. The van der Waals surface area contributed by atoms with Gasteiger partial charge in [-0.15, -0.1) is 0 Å². The quantitative estimate of drug-likeness (QED) is 0.279. The van der Waals surface area contributed by atoms with Crippen molar-refractivity contribution in [2.75, 3.05) is 0 Å². The molecule has 0 amide bonds. The monoisotopic (exact) mass is 443 g/mol. The SMILES string of the molecule is O=C1OC(c2ccc3ccccc3c2)=N/C1=C\c1ccc(-c2ccc(Br)cc2)o1. The molecule has 0 saturated heterocycles. The van der Waals surface area contributed by atoms with Crippen molar-refractivity contribution in [2.45, 2.75) is 0 Å². The fourth-order valence-corrected chi connectivity index (χ4v) is 3.45. The minimum Gasteiger partial charge on any atom is -0.457 e. The standard InChI is InChI=1S/C24H14BrNO3/c25-19-9-7-16(8-10-19)22-12-11-20(28-22)14-21-24(27)29-23(26-21)18-6-5-15-3-1-2-4-17(15)13-18/h1-14H/b21-14-. The number of furan rings is 1. The van der Waals surface area contributed by atoms with Gasteiger partial charge in [-0.1, -0.05) is 58.4 Å². The molecule has 0 atom stereocenters. The largest absolute Gasteiger partial charge is 0.457 e. The van der Waals surface area contributed by atoms with Gasteiger partial charge in [-0.25, -0.2) is 9.79 Å². The van der Waals surface area contributed by atoms with E-state index < -0.39 is 5.97 Å². The second-order valence-electron chi connectivity index (χ2n) is 6.61. The van der Waals surface area contributed by atoms with Crippen LogP contribution in [0, 0.1) is 0 Å². The summed E-state index contributed by atoms with van der Waals surface area (Å²) in [6, 6.07) is 25.3. The van der Waals surface area contributed by atoms with Crippen LogP contribution in [0.4, 0.5) is 0 Å². The Bertz CT molecular complexity index is 1300. The van der Waals surface area contributed by atoms with Crippen LogP contribution in [0.15, 0.2) is 98.4 Å². The number of aliphatic imine (C=N–C) groups is 1. The summed E-state index contributed by atoms with van der Waals surface area (Å²) in [5.74, 6) is 1.06. The lowest BCUT2D eigenvalue weighted by Crippen LogP contribution is -2.05. The zero-order valence-electron chi connectivity index (χ0n) is 15.1. The van der Waals surface area contributed by atoms with Gasteiger partial charge in [0.15, 0.2) is 5.70 Å². The molecular weight excluding hydrogens is 430 g/mol. The summed E-state index contributed by atoms with van der Waals surface area (Å²) in [7, 11) is 0. The Morgan fingerprint density at radius 1 is 0.828 bits per heavy atom. The van der Waals surface area contributed by atoms with Crippen molar-refractivity contribution in [3.8, 4) is 11.3 Å². The zero-order chi connectivity index (χ0) is 19.8. The van der Waals surface area contributed by atoms with E-state index in [0.717, 1.165) is 32.1 Å². The topological polar surface area (TPSA) is 51.8 Å². The van der Waals surface area contributed by atoms with Crippen LogP contribution >= 0.6 is 15.9 Å². The first-order valence-corrected chi connectivity index (χ1v) is 9.82. The van der Waals surface area contributed by atoms with Gasteiger partial charge in [0.25, 0.3) is 0 Å². The molecule has 0 aliphatic carbocycles. The molecule has 0 bridgehead atoms. The van der Waals surface area contributed by atoms with E-state index in [1.807, 2.05) is 72.8 Å². The fraction of sp³-hybridized carbons (Fsp3) is 0. The normalized spacial score (nSPS) is 15.0. The van der Waals surface area contributed by atoms with Gasteiger partial charge in [0, 0.05) is 21.7 Å². The van der Waals surface area contributed by atoms with Gasteiger partial charge in [-0.05, 0) is 47.2 Å². The first-order valence-electron chi connectivity index (χ1n) is 9.03. The summed E-state index contributed by atoms with van der Waals surface area (Å²) in [4.78, 5) is 16.7. The molecule has 4 nitrogen and oxygen atoms in total. The third kappa shape index (κ3) is 3.52. The summed E-state index contributed by atoms with van der Waals surface area (Å²) in [5, 5.41) is 2.18. The number of hydrogen-bond acceptors (Lipinski definition) is 4. The van der Waals surface area contributed by atoms with Crippen LogP contribution in [0.5, 0.6) is 0 Å². The van der Waals surface area contributed by atoms with Crippen LogP contribution in [0.25, 0.3) is 28.2 Å². The van der Waals surface area contributed by atoms with Crippen LogP contribution in [0.3, 0.4) is 0 Å². The Labute approximate surface area is 175 Å². The minimum absolute atomic E-state index is 0.213. The zero-order valence-corrected chi connectivity index (χ0v) is 16.7. The highest BCUT2D eigenvalue weighted by atomic mass is 79.9. The second kappa shape index (κ2) is 7.18. The van der Waals surface area contributed by atoms with E-state index in [9.17, 15) is 4.79 Å². The lowest BCUT2D eigenvalue weighted by atomic mass is 10.1. The van der Waals surface area contributed by atoms with Crippen molar-refractivity contribution < 1.29 is 13.9 Å². The third-order valence-corrected chi connectivity index (χ3v) is 5.18. The van der Waals surface area contributed by atoms with Gasteiger partial charge in [0.05, 0.1) is 0 Å². The van der Waals surface area contributed by atoms with Gasteiger partial charge in [0.1, 0.15) is 11.5 Å². The van der Waals surface area contributed by atoms with E-state index in [1.165, 1.54) is 0 Å². The number of rotatable bonds is 3. The molecule has 140 valence electrons. The number of cyclic esters (lactones) is 1. The highest BCUT2D eigenvalue weighted by molar-refractivity contribution is 9.10. The molecule has 4 aromatic rings. The van der Waals surface area contributed by atoms with Crippen LogP contribution in [-0.4, -0.2) is 11.9 Å². The number of benzene rings is 3. The molecule has 0 radical (unpaired) electrons. The molecule has 1 aromatic heterocycles. The van der Waals surface area contributed by atoms with Crippen LogP contribution in [0.2, 0.25) is 0 Å². The van der Waals surface area contributed by atoms with Crippen molar-refractivity contribution in [3.63, 3.8) is 0 Å². The van der Waals surface area contributed by atoms with Crippen molar-refractivity contribution in [1.82, 2.24) is 0 Å². The highest BCUT2D eigenvalue weighted by Gasteiger charge is 2.24. The van der Waals surface area contributed by atoms with Gasteiger partial charge < -0.3 is 9.15 Å². The first kappa shape index (κ1) is 17.6. The van der Waals surface area contributed by atoms with Gasteiger partial charge in [0.2, 0.25) is 5.90 Å². The summed E-state index contributed by atoms with van der Waals surface area (Å²) >= 11 is 3.42. The van der Waals surface area contributed by atoms with Gasteiger partial charge >= 0.3 is 5.97 Å². The van der Waals surface area contributed by atoms with Crippen molar-refractivity contribution >= 4 is 44.6 Å². The van der Waals surface area contributed by atoms with Crippen molar-refractivity contribution in [3.05, 3.63) is 100 Å². The number of hydrogen-bond donors (Lipinski definition) is 0. The Balaban J connectivity index is 1.45. The number of ether oxygens (including phenoxy) is 1. The summed E-state index contributed by atoms with van der Waals surface area (Å²) in [6.45, 7) is 0. The third-order valence-electron chi connectivity index (χ3n) is 4.65. The number of halogens is 1. The molecule has 0 fully saturated rings. The molecule has 1 aliphatic rings. The predicted octanol–water partition coefficient (Wildman–Crippen LogP) is 6.21. The van der Waals surface area contributed by atoms with E-state index in [0.29, 0.717) is 11.7 Å². The molecule has 0 saturated carbocycles. The van der Waals surface area contributed by atoms with E-state index in [2.05, 4.69) is 20.9 Å². The number of fused-ring (bicyclic) bond motifs is 1. The Morgan fingerprint density at radius 3 is 2.41 bits per heavy atom. The van der Waals surface area contributed by atoms with E-state index in [-0.39, 0.29) is 5.70 Å². The van der Waals surface area contributed by atoms with Crippen LogP contribution in [0.1, 0.15) is 11.3 Å². The van der Waals surface area contributed by atoms with E-state index in [4.69, 9.17) is 9.15 Å². The highest BCUT2D eigenvalue weighted by Crippen LogP contribution is 2.27. The second-order valence-corrected chi connectivity index (χ2v) is 7.52. The maximum atomic E-state index is 12.3. The number of carbonyl (C=O) groups is 1. The minimum atomic E-state index is -0.491. The van der Waals surface area contributed by atoms with Crippen molar-refractivity contribution in [2.24, 2.45) is 4.99 Å². The fourth-order valence-electron chi connectivity index (χ4n) is 3.19. The molecule has 0 unspecified atom stereocenters. The molecular formula is C24H14BrNO3. The lowest BCUT2D eigenvalue weighted by Gasteiger charge is -2.02. The van der Waals surface area contributed by atoms with E-state index >= 15 is 0 Å². The number of nitrogens with zero attached hydrogens (tertiary/aromatic N) is 1. The average molecular weight is 444 g/mol. The Morgan fingerprint density at radius 2 is 1.59 bits per heavy atom. The summed E-state index contributed by atoms with van der Waals surface area (Å²) in [6.07, 6.45) is 1.60. The average Bonchev–Trinajstić information content (AvgIpc) is 3.35. The molecule has 3 aromatic carbocycles. The van der Waals surface area contributed by atoms with E-state index in [1.54, 1.807) is 12.1 Å².